The van der Waals surface area contributed by atoms with E-state index in [1.54, 1.807) is 0 Å². The Balaban J connectivity index is 1.73. The molecule has 0 fully saturated rings. The number of carbonyl (C=O) groups is 1. The average Bonchev–Trinajstić information content (AvgIpc) is 3.04. The molecule has 0 bridgehead atoms. The fraction of sp³-hybridized carbons (Fsp3) is 0.150. The molecule has 0 aliphatic heterocycles. The summed E-state index contributed by atoms with van der Waals surface area (Å²) in [4.78, 5) is 14.6. The second-order valence-electron chi connectivity index (χ2n) is 5.90. The second-order valence-corrected chi connectivity index (χ2v) is 5.90. The molecule has 1 amide bonds. The Morgan fingerprint density at radius 2 is 1.67 bits per heavy atom. The zero-order chi connectivity index (χ0) is 16.9. The molecule has 122 valence electrons. The van der Waals surface area contributed by atoms with Gasteiger partial charge in [0.2, 0.25) is 0 Å². The van der Waals surface area contributed by atoms with Gasteiger partial charge in [0, 0.05) is 38.2 Å². The monoisotopic (exact) mass is 319 g/mol. The number of nitrogens with one attached hydrogen (secondary N) is 1. The molecule has 0 atom stereocenters. The second kappa shape index (κ2) is 7.04. The smallest absolute Gasteiger partial charge is 0.272 e. The highest BCUT2D eigenvalue weighted by Crippen LogP contribution is 2.17. The minimum atomic E-state index is -0.103. The fourth-order valence-corrected chi connectivity index (χ4v) is 2.58. The Morgan fingerprint density at radius 1 is 0.958 bits per heavy atom. The van der Waals surface area contributed by atoms with Crippen molar-refractivity contribution in [2.45, 2.75) is 6.54 Å². The molecular weight excluding hydrogens is 298 g/mol. The van der Waals surface area contributed by atoms with E-state index >= 15 is 0 Å². The van der Waals surface area contributed by atoms with Crippen LogP contribution in [0.3, 0.4) is 0 Å². The molecule has 4 nitrogen and oxygen atoms in total. The van der Waals surface area contributed by atoms with Crippen LogP contribution < -0.4 is 10.2 Å². The van der Waals surface area contributed by atoms with Gasteiger partial charge in [0.1, 0.15) is 5.69 Å². The van der Waals surface area contributed by atoms with Gasteiger partial charge in [-0.15, -0.1) is 0 Å². The summed E-state index contributed by atoms with van der Waals surface area (Å²) in [5, 5.41) is 2.96. The number of anilines is 2. The van der Waals surface area contributed by atoms with Crippen molar-refractivity contribution in [3.05, 3.63) is 84.2 Å². The van der Waals surface area contributed by atoms with Gasteiger partial charge in [-0.2, -0.15) is 0 Å². The van der Waals surface area contributed by atoms with Gasteiger partial charge in [-0.25, -0.2) is 0 Å². The Morgan fingerprint density at radius 3 is 2.33 bits per heavy atom. The highest BCUT2D eigenvalue weighted by molar-refractivity contribution is 6.03. The highest BCUT2D eigenvalue weighted by atomic mass is 16.1. The number of benzene rings is 2. The van der Waals surface area contributed by atoms with Crippen molar-refractivity contribution in [2.24, 2.45) is 0 Å². The Hall–Kier alpha value is -3.01. The molecule has 1 N–H and O–H groups in total. The van der Waals surface area contributed by atoms with Crippen LogP contribution in [-0.2, 0) is 6.54 Å². The van der Waals surface area contributed by atoms with Crippen LogP contribution in [0.25, 0.3) is 0 Å². The van der Waals surface area contributed by atoms with E-state index < -0.39 is 0 Å². The maximum atomic E-state index is 12.6. The first kappa shape index (κ1) is 15.9. The molecule has 3 aromatic rings. The molecule has 0 radical (unpaired) electrons. The summed E-state index contributed by atoms with van der Waals surface area (Å²) in [5.41, 5.74) is 3.70. The van der Waals surface area contributed by atoms with Crippen molar-refractivity contribution >= 4 is 17.3 Å². The maximum Gasteiger partial charge on any atom is 0.272 e. The third-order valence-corrected chi connectivity index (χ3v) is 3.90. The molecule has 0 aliphatic carbocycles. The molecular formula is C20H21N3O. The van der Waals surface area contributed by atoms with E-state index in [-0.39, 0.29) is 5.91 Å². The fourth-order valence-electron chi connectivity index (χ4n) is 2.58. The zero-order valence-corrected chi connectivity index (χ0v) is 13.9. The number of aromatic nitrogens is 1. The third kappa shape index (κ3) is 3.66. The summed E-state index contributed by atoms with van der Waals surface area (Å²) in [7, 11) is 3.98. The molecule has 3 rings (SSSR count). The van der Waals surface area contributed by atoms with Gasteiger partial charge in [-0.3, -0.25) is 4.79 Å². The number of amides is 1. The molecule has 0 saturated carbocycles. The third-order valence-electron chi connectivity index (χ3n) is 3.90. The largest absolute Gasteiger partial charge is 0.378 e. The van der Waals surface area contributed by atoms with Crippen LogP contribution in [0, 0.1) is 0 Å². The van der Waals surface area contributed by atoms with Crippen LogP contribution in [0.2, 0.25) is 0 Å². The summed E-state index contributed by atoms with van der Waals surface area (Å²) in [6, 6.07) is 21.6. The first-order valence-electron chi connectivity index (χ1n) is 7.91. The Labute approximate surface area is 142 Å². The van der Waals surface area contributed by atoms with Gasteiger partial charge in [0.25, 0.3) is 5.91 Å². The van der Waals surface area contributed by atoms with E-state index in [1.165, 1.54) is 0 Å². The summed E-state index contributed by atoms with van der Waals surface area (Å²) in [6.45, 7) is 0.677. The van der Waals surface area contributed by atoms with Crippen molar-refractivity contribution < 1.29 is 4.79 Å². The van der Waals surface area contributed by atoms with E-state index in [2.05, 4.69) is 17.4 Å². The molecule has 0 spiro atoms. The lowest BCUT2D eigenvalue weighted by Crippen LogP contribution is -2.17. The van der Waals surface area contributed by atoms with E-state index in [4.69, 9.17) is 0 Å². The van der Waals surface area contributed by atoms with E-state index in [0.717, 1.165) is 16.9 Å². The van der Waals surface area contributed by atoms with E-state index in [9.17, 15) is 4.79 Å². The lowest BCUT2D eigenvalue weighted by molar-refractivity contribution is 0.101. The Kier molecular flexibility index (Phi) is 4.66. The first-order valence-corrected chi connectivity index (χ1v) is 7.91. The number of hydrogen-bond acceptors (Lipinski definition) is 2. The molecule has 0 unspecified atom stereocenters. The molecule has 1 aromatic heterocycles. The molecule has 1 heterocycles. The van der Waals surface area contributed by atoms with E-state index in [0.29, 0.717) is 12.2 Å². The number of hydrogen-bond donors (Lipinski definition) is 1. The highest BCUT2D eigenvalue weighted by Gasteiger charge is 2.11. The summed E-state index contributed by atoms with van der Waals surface area (Å²) < 4.78 is 1.96. The minimum absolute atomic E-state index is 0.103. The van der Waals surface area contributed by atoms with Crippen molar-refractivity contribution in [3.8, 4) is 0 Å². The predicted octanol–water partition coefficient (Wildman–Crippen LogP) is 3.85. The topological polar surface area (TPSA) is 37.3 Å². The Bertz CT molecular complexity index is 804. The zero-order valence-electron chi connectivity index (χ0n) is 13.9. The summed E-state index contributed by atoms with van der Waals surface area (Å²) in [6.07, 6.45) is 1.93. The van der Waals surface area contributed by atoms with Crippen LogP contribution in [-0.4, -0.2) is 24.6 Å². The molecule has 0 aliphatic rings. The SMILES string of the molecule is CN(C)c1ccc(NC(=O)c2cccn2Cc2ccccc2)cc1. The van der Waals surface area contributed by atoms with Gasteiger partial charge in [0.15, 0.2) is 0 Å². The lowest BCUT2D eigenvalue weighted by atomic mass is 10.2. The normalized spacial score (nSPS) is 10.4. The lowest BCUT2D eigenvalue weighted by Gasteiger charge is -2.13. The van der Waals surface area contributed by atoms with Crippen LogP contribution in [0.4, 0.5) is 11.4 Å². The van der Waals surface area contributed by atoms with Crippen molar-refractivity contribution in [1.29, 1.82) is 0 Å². The van der Waals surface area contributed by atoms with E-state index in [1.807, 2.05) is 84.4 Å². The van der Waals surface area contributed by atoms with Crippen molar-refractivity contribution in [3.63, 3.8) is 0 Å². The summed E-state index contributed by atoms with van der Waals surface area (Å²) >= 11 is 0. The van der Waals surface area contributed by atoms with Gasteiger partial charge < -0.3 is 14.8 Å². The van der Waals surface area contributed by atoms with Crippen molar-refractivity contribution in [2.75, 3.05) is 24.3 Å². The van der Waals surface area contributed by atoms with Crippen LogP contribution >= 0.6 is 0 Å². The average molecular weight is 319 g/mol. The van der Waals surface area contributed by atoms with Gasteiger partial charge in [-0.1, -0.05) is 30.3 Å². The maximum absolute atomic E-state index is 12.6. The quantitative estimate of drug-likeness (QED) is 0.775. The van der Waals surface area contributed by atoms with Crippen molar-refractivity contribution in [1.82, 2.24) is 4.57 Å². The molecule has 2 aromatic carbocycles. The molecule has 0 saturated heterocycles. The van der Waals surface area contributed by atoms with Gasteiger partial charge in [-0.05, 0) is 42.0 Å². The standard InChI is InChI=1S/C20H21N3O/c1-22(2)18-12-10-17(11-13-18)21-20(24)19-9-6-14-23(19)15-16-7-4-3-5-8-16/h3-14H,15H2,1-2H3,(H,21,24). The van der Waals surface area contributed by atoms with Gasteiger partial charge >= 0.3 is 0 Å². The molecule has 4 heteroatoms. The predicted molar refractivity (Wildman–Crippen MR) is 98.7 cm³/mol. The van der Waals surface area contributed by atoms with Crippen LogP contribution in [0.1, 0.15) is 16.1 Å². The molecule has 24 heavy (non-hydrogen) atoms. The minimum Gasteiger partial charge on any atom is -0.378 e. The first-order chi connectivity index (χ1) is 11.6. The van der Waals surface area contributed by atoms with Gasteiger partial charge in [0.05, 0.1) is 0 Å². The number of carbonyl (C=O) groups excluding carboxylic acids is 1. The number of nitrogens with zero attached hydrogens (tertiary/aromatic N) is 2. The van der Waals surface area contributed by atoms with Crippen LogP contribution in [0.5, 0.6) is 0 Å². The summed E-state index contributed by atoms with van der Waals surface area (Å²) in [5.74, 6) is -0.103. The van der Waals surface area contributed by atoms with Crippen LogP contribution in [0.15, 0.2) is 72.9 Å². The number of rotatable bonds is 5.